The molecule has 6 heteroatoms. The first kappa shape index (κ1) is 11.7. The van der Waals surface area contributed by atoms with Crippen LogP contribution in [-0.4, -0.2) is 29.5 Å². The number of hydrogen-bond acceptors (Lipinski definition) is 5. The summed E-state index contributed by atoms with van der Waals surface area (Å²) in [6.07, 6.45) is 0. The zero-order chi connectivity index (χ0) is 12.3. The van der Waals surface area contributed by atoms with Crippen molar-refractivity contribution in [3.8, 4) is 0 Å². The fraction of sp³-hybridized carbons (Fsp3) is 0.364. The molecule has 1 aromatic carbocycles. The number of fused-ring (bicyclic) bond motifs is 1. The van der Waals surface area contributed by atoms with Gasteiger partial charge in [-0.25, -0.2) is 4.79 Å². The second-order valence-electron chi connectivity index (χ2n) is 3.58. The number of nitrogens with zero attached hydrogens (tertiary/aromatic N) is 1. The second-order valence-corrected chi connectivity index (χ2v) is 3.58. The van der Waals surface area contributed by atoms with Crippen molar-refractivity contribution in [3.05, 3.63) is 28.7 Å². The minimum Gasteiger partial charge on any atom is -0.408 e. The molecule has 0 fully saturated rings. The SMILES string of the molecule is Nc1ccc2oc(=O)n(CCOCCO)c2c1. The van der Waals surface area contributed by atoms with Crippen molar-refractivity contribution in [1.82, 2.24) is 4.57 Å². The van der Waals surface area contributed by atoms with Crippen molar-refractivity contribution in [3.63, 3.8) is 0 Å². The van der Waals surface area contributed by atoms with E-state index >= 15 is 0 Å². The average Bonchev–Trinajstić information content (AvgIpc) is 2.61. The minimum atomic E-state index is -0.432. The van der Waals surface area contributed by atoms with E-state index in [-0.39, 0.29) is 13.2 Å². The van der Waals surface area contributed by atoms with E-state index in [1.807, 2.05) is 0 Å². The van der Waals surface area contributed by atoms with Gasteiger partial charge in [0, 0.05) is 5.69 Å². The minimum absolute atomic E-state index is 0.0337. The highest BCUT2D eigenvalue weighted by Crippen LogP contribution is 2.15. The van der Waals surface area contributed by atoms with Crippen molar-refractivity contribution in [2.24, 2.45) is 0 Å². The average molecular weight is 238 g/mol. The Morgan fingerprint density at radius 2 is 2.24 bits per heavy atom. The Morgan fingerprint density at radius 3 is 3.00 bits per heavy atom. The molecule has 0 saturated carbocycles. The summed E-state index contributed by atoms with van der Waals surface area (Å²) in [7, 11) is 0. The molecule has 3 N–H and O–H groups in total. The Hall–Kier alpha value is -1.79. The van der Waals surface area contributed by atoms with E-state index in [0.29, 0.717) is 29.9 Å². The van der Waals surface area contributed by atoms with Gasteiger partial charge in [0.05, 0.1) is 31.9 Å². The third-order valence-electron chi connectivity index (χ3n) is 2.39. The summed E-state index contributed by atoms with van der Waals surface area (Å²) in [6, 6.07) is 5.03. The molecule has 0 unspecified atom stereocenters. The number of nitrogens with two attached hydrogens (primary N) is 1. The summed E-state index contributed by atoms with van der Waals surface area (Å²) >= 11 is 0. The quantitative estimate of drug-likeness (QED) is 0.573. The predicted octanol–water partition coefficient (Wildman–Crippen LogP) is 0.186. The van der Waals surface area contributed by atoms with Gasteiger partial charge < -0.3 is 20.0 Å². The van der Waals surface area contributed by atoms with E-state index < -0.39 is 5.76 Å². The van der Waals surface area contributed by atoms with Crippen molar-refractivity contribution in [1.29, 1.82) is 0 Å². The molecule has 0 aliphatic heterocycles. The number of benzene rings is 1. The third kappa shape index (κ3) is 2.48. The molecule has 0 amide bonds. The van der Waals surface area contributed by atoms with Crippen molar-refractivity contribution in [2.75, 3.05) is 25.6 Å². The van der Waals surface area contributed by atoms with Gasteiger partial charge in [0.25, 0.3) is 0 Å². The number of aliphatic hydroxyl groups is 1. The van der Waals surface area contributed by atoms with Crippen molar-refractivity contribution >= 4 is 16.8 Å². The van der Waals surface area contributed by atoms with Crippen LogP contribution in [0.15, 0.2) is 27.4 Å². The van der Waals surface area contributed by atoms with Crippen LogP contribution >= 0.6 is 0 Å². The van der Waals surface area contributed by atoms with Gasteiger partial charge in [-0.1, -0.05) is 0 Å². The summed E-state index contributed by atoms with van der Waals surface area (Å²) in [4.78, 5) is 11.6. The smallest absolute Gasteiger partial charge is 0.408 e. The summed E-state index contributed by atoms with van der Waals surface area (Å²) in [5.41, 5.74) is 7.39. The summed E-state index contributed by atoms with van der Waals surface area (Å²) in [6.45, 7) is 0.930. The number of hydrogen-bond donors (Lipinski definition) is 2. The third-order valence-corrected chi connectivity index (χ3v) is 2.39. The lowest BCUT2D eigenvalue weighted by molar-refractivity contribution is 0.0866. The molecule has 0 aliphatic rings. The first-order valence-corrected chi connectivity index (χ1v) is 5.30. The maximum absolute atomic E-state index is 11.6. The lowest BCUT2D eigenvalue weighted by Crippen LogP contribution is -2.18. The molecule has 0 atom stereocenters. The summed E-state index contributed by atoms with van der Waals surface area (Å²) in [5.74, 6) is -0.432. The molecule has 2 aromatic rings. The van der Waals surface area contributed by atoms with E-state index in [1.54, 1.807) is 18.2 Å². The van der Waals surface area contributed by atoms with Crippen LogP contribution in [0.3, 0.4) is 0 Å². The van der Waals surface area contributed by atoms with Crippen LogP contribution in [0.5, 0.6) is 0 Å². The highest BCUT2D eigenvalue weighted by molar-refractivity contribution is 5.76. The first-order chi connectivity index (χ1) is 8.22. The van der Waals surface area contributed by atoms with Gasteiger partial charge >= 0.3 is 5.76 Å². The van der Waals surface area contributed by atoms with Crippen molar-refractivity contribution in [2.45, 2.75) is 6.54 Å². The van der Waals surface area contributed by atoms with Gasteiger partial charge in [0.15, 0.2) is 5.58 Å². The molecule has 92 valence electrons. The molecule has 0 radical (unpaired) electrons. The zero-order valence-electron chi connectivity index (χ0n) is 9.26. The van der Waals surface area contributed by atoms with Gasteiger partial charge in [-0.15, -0.1) is 0 Å². The van der Waals surface area contributed by atoms with Crippen LogP contribution in [0.2, 0.25) is 0 Å². The molecule has 1 heterocycles. The number of oxazole rings is 1. The van der Waals surface area contributed by atoms with Crippen LogP contribution in [0.1, 0.15) is 0 Å². The topological polar surface area (TPSA) is 90.6 Å². The monoisotopic (exact) mass is 238 g/mol. The van der Waals surface area contributed by atoms with Gasteiger partial charge in [-0.2, -0.15) is 0 Å². The fourth-order valence-electron chi connectivity index (χ4n) is 1.61. The molecule has 0 aliphatic carbocycles. The lowest BCUT2D eigenvalue weighted by Gasteiger charge is -2.03. The lowest BCUT2D eigenvalue weighted by atomic mass is 10.3. The number of rotatable bonds is 5. The number of aliphatic hydroxyl groups excluding tert-OH is 1. The number of ether oxygens (including phenoxy) is 1. The first-order valence-electron chi connectivity index (χ1n) is 5.30. The summed E-state index contributed by atoms with van der Waals surface area (Å²) < 4.78 is 11.6. The Morgan fingerprint density at radius 1 is 1.41 bits per heavy atom. The number of aromatic nitrogens is 1. The maximum Gasteiger partial charge on any atom is 0.420 e. The highest BCUT2D eigenvalue weighted by atomic mass is 16.5. The van der Waals surface area contributed by atoms with E-state index in [9.17, 15) is 4.79 Å². The predicted molar refractivity (Wildman–Crippen MR) is 62.8 cm³/mol. The second kappa shape index (κ2) is 5.03. The number of nitrogen functional groups attached to an aromatic ring is 1. The van der Waals surface area contributed by atoms with Crippen LogP contribution in [0, 0.1) is 0 Å². The van der Waals surface area contributed by atoms with Crippen LogP contribution in [0.4, 0.5) is 5.69 Å². The van der Waals surface area contributed by atoms with Crippen LogP contribution in [-0.2, 0) is 11.3 Å². The van der Waals surface area contributed by atoms with E-state index in [1.165, 1.54) is 4.57 Å². The fourth-order valence-corrected chi connectivity index (χ4v) is 1.61. The standard InChI is InChI=1S/C11H14N2O4/c12-8-1-2-10-9(7-8)13(11(15)17-10)3-5-16-6-4-14/h1-2,7,14H,3-6,12H2. The number of anilines is 1. The molecular weight excluding hydrogens is 224 g/mol. The molecule has 0 spiro atoms. The highest BCUT2D eigenvalue weighted by Gasteiger charge is 2.08. The van der Waals surface area contributed by atoms with E-state index in [2.05, 4.69) is 0 Å². The Kier molecular flexibility index (Phi) is 3.46. The molecule has 17 heavy (non-hydrogen) atoms. The van der Waals surface area contributed by atoms with Gasteiger partial charge in [0.2, 0.25) is 0 Å². The van der Waals surface area contributed by atoms with Crippen LogP contribution in [0.25, 0.3) is 11.1 Å². The van der Waals surface area contributed by atoms with Crippen LogP contribution < -0.4 is 11.5 Å². The Labute approximate surface area is 97.2 Å². The maximum atomic E-state index is 11.6. The largest absolute Gasteiger partial charge is 0.420 e. The molecular formula is C11H14N2O4. The van der Waals surface area contributed by atoms with Crippen molar-refractivity contribution < 1.29 is 14.3 Å². The summed E-state index contributed by atoms with van der Waals surface area (Å²) in [5, 5.41) is 8.56. The van der Waals surface area contributed by atoms with Gasteiger partial charge in [-0.05, 0) is 18.2 Å². The Balaban J connectivity index is 2.23. The van der Waals surface area contributed by atoms with E-state index in [4.69, 9.17) is 20.0 Å². The Bertz CT molecular complexity index is 558. The zero-order valence-corrected chi connectivity index (χ0v) is 9.26. The van der Waals surface area contributed by atoms with Gasteiger partial charge in [-0.3, -0.25) is 4.57 Å². The molecule has 6 nitrogen and oxygen atoms in total. The molecule has 2 rings (SSSR count). The molecule has 1 aromatic heterocycles. The normalized spacial score (nSPS) is 11.1. The van der Waals surface area contributed by atoms with E-state index in [0.717, 1.165) is 0 Å². The molecule has 0 bridgehead atoms. The molecule has 0 saturated heterocycles. The van der Waals surface area contributed by atoms with Gasteiger partial charge in [0.1, 0.15) is 0 Å².